The van der Waals surface area contributed by atoms with E-state index in [0.717, 1.165) is 45.1 Å². The van der Waals surface area contributed by atoms with Gasteiger partial charge in [-0.2, -0.15) is 0 Å². The van der Waals surface area contributed by atoms with E-state index < -0.39 is 7.82 Å². The van der Waals surface area contributed by atoms with Crippen molar-refractivity contribution in [3.63, 3.8) is 0 Å². The summed E-state index contributed by atoms with van der Waals surface area (Å²) in [4.78, 5) is 11.9. The highest BCUT2D eigenvalue weighted by atomic mass is 31.2. The summed E-state index contributed by atoms with van der Waals surface area (Å²) in [7, 11) is -1.91. The predicted molar refractivity (Wildman–Crippen MR) is 122 cm³/mol. The van der Waals surface area contributed by atoms with Gasteiger partial charge in [-0.05, 0) is 52.0 Å². The van der Waals surface area contributed by atoms with Crippen molar-refractivity contribution < 1.29 is 18.5 Å². The normalized spacial score (nSPS) is 20.2. The van der Waals surface area contributed by atoms with Crippen LogP contribution in [0.25, 0.3) is 0 Å². The SMILES string of the molecule is CCCCC/C=C\C/C=C\CCCCCCCCOP(=O)(O)OC1CCN(C)C1. The average Bonchev–Trinajstić information content (AvgIpc) is 3.08. The molecule has 1 fully saturated rings. The Bertz CT molecular complexity index is 495. The van der Waals surface area contributed by atoms with Gasteiger partial charge in [-0.3, -0.25) is 9.05 Å². The molecule has 1 aliphatic rings. The highest BCUT2D eigenvalue weighted by Crippen LogP contribution is 2.45. The Labute approximate surface area is 179 Å². The van der Waals surface area contributed by atoms with Gasteiger partial charge >= 0.3 is 7.82 Å². The third kappa shape index (κ3) is 16.0. The van der Waals surface area contributed by atoms with Crippen LogP contribution in [0.2, 0.25) is 0 Å². The van der Waals surface area contributed by atoms with Gasteiger partial charge in [-0.1, -0.05) is 69.8 Å². The number of likely N-dealkylation sites (tertiary alicyclic amines) is 1. The van der Waals surface area contributed by atoms with Crippen molar-refractivity contribution in [3.8, 4) is 0 Å². The van der Waals surface area contributed by atoms with Crippen molar-refractivity contribution in [2.24, 2.45) is 0 Å². The quantitative estimate of drug-likeness (QED) is 0.150. The second-order valence-electron chi connectivity index (χ2n) is 8.16. The van der Waals surface area contributed by atoms with E-state index in [1.807, 2.05) is 7.05 Å². The van der Waals surface area contributed by atoms with Gasteiger partial charge in [0.25, 0.3) is 0 Å². The molecule has 2 atom stereocenters. The topological polar surface area (TPSA) is 59.0 Å². The van der Waals surface area contributed by atoms with Crippen LogP contribution in [-0.4, -0.2) is 42.6 Å². The van der Waals surface area contributed by atoms with E-state index in [1.165, 1.54) is 44.9 Å². The molecule has 0 radical (unpaired) electrons. The van der Waals surface area contributed by atoms with Gasteiger partial charge in [0.2, 0.25) is 0 Å². The van der Waals surface area contributed by atoms with Crippen LogP contribution in [0, 0.1) is 0 Å². The van der Waals surface area contributed by atoms with E-state index >= 15 is 0 Å². The number of rotatable bonds is 18. The van der Waals surface area contributed by atoms with Crippen LogP contribution < -0.4 is 0 Å². The molecule has 1 rings (SSSR count). The second-order valence-corrected chi connectivity index (χ2v) is 9.57. The Morgan fingerprint density at radius 3 is 2.21 bits per heavy atom. The van der Waals surface area contributed by atoms with Gasteiger partial charge in [0.15, 0.2) is 0 Å². The van der Waals surface area contributed by atoms with Crippen LogP contribution in [0.1, 0.15) is 90.4 Å². The Hall–Kier alpha value is -0.450. The molecule has 1 heterocycles. The Balaban J connectivity index is 1.86. The first-order valence-electron chi connectivity index (χ1n) is 11.7. The Morgan fingerprint density at radius 1 is 0.966 bits per heavy atom. The molecule has 0 saturated carbocycles. The third-order valence-electron chi connectivity index (χ3n) is 5.23. The lowest BCUT2D eigenvalue weighted by Crippen LogP contribution is -2.18. The maximum absolute atomic E-state index is 11.9. The van der Waals surface area contributed by atoms with Gasteiger partial charge in [-0.25, -0.2) is 4.57 Å². The molecular weight excluding hydrogens is 385 g/mol. The molecule has 1 N–H and O–H groups in total. The second kappa shape index (κ2) is 17.3. The summed E-state index contributed by atoms with van der Waals surface area (Å²) >= 11 is 0. The predicted octanol–water partition coefficient (Wildman–Crippen LogP) is 6.64. The van der Waals surface area contributed by atoms with E-state index in [2.05, 4.69) is 36.1 Å². The molecule has 0 aromatic carbocycles. The fourth-order valence-electron chi connectivity index (χ4n) is 3.47. The van der Waals surface area contributed by atoms with Crippen LogP contribution in [0.4, 0.5) is 0 Å². The van der Waals surface area contributed by atoms with Crippen molar-refractivity contribution in [1.29, 1.82) is 0 Å². The summed E-state index contributed by atoms with van der Waals surface area (Å²) in [5.41, 5.74) is 0. The molecule has 1 aliphatic heterocycles. The lowest BCUT2D eigenvalue weighted by Gasteiger charge is -2.16. The van der Waals surface area contributed by atoms with Crippen LogP contribution in [0.3, 0.4) is 0 Å². The van der Waals surface area contributed by atoms with Crippen molar-refractivity contribution >= 4 is 7.82 Å². The zero-order valence-corrected chi connectivity index (χ0v) is 19.7. The highest BCUT2D eigenvalue weighted by Gasteiger charge is 2.30. The maximum atomic E-state index is 11.9. The van der Waals surface area contributed by atoms with Gasteiger partial charge in [0, 0.05) is 13.1 Å². The van der Waals surface area contributed by atoms with Gasteiger partial charge in [0.05, 0.1) is 12.7 Å². The van der Waals surface area contributed by atoms with E-state index in [9.17, 15) is 9.46 Å². The minimum Gasteiger partial charge on any atom is -0.304 e. The van der Waals surface area contributed by atoms with Crippen molar-refractivity contribution in [3.05, 3.63) is 24.3 Å². The summed E-state index contributed by atoms with van der Waals surface area (Å²) in [5.74, 6) is 0. The Morgan fingerprint density at radius 2 is 1.59 bits per heavy atom. The van der Waals surface area contributed by atoms with E-state index in [-0.39, 0.29) is 6.10 Å². The number of hydrogen-bond acceptors (Lipinski definition) is 4. The summed E-state index contributed by atoms with van der Waals surface area (Å²) in [6, 6.07) is 0. The first-order chi connectivity index (χ1) is 14.0. The van der Waals surface area contributed by atoms with E-state index in [1.54, 1.807) is 0 Å². The molecule has 1 saturated heterocycles. The van der Waals surface area contributed by atoms with Gasteiger partial charge in [0.1, 0.15) is 0 Å². The van der Waals surface area contributed by atoms with E-state index in [0.29, 0.717) is 13.2 Å². The summed E-state index contributed by atoms with van der Waals surface area (Å²) < 4.78 is 22.3. The number of unbranched alkanes of at least 4 members (excludes halogenated alkanes) is 9. The standard InChI is InChI=1S/C23H44NO4P/c1-3-4-5-6-7-8-9-10-11-12-13-14-15-16-17-18-21-27-29(25,26)28-23-19-20-24(2)22-23/h7-8,10-11,23H,3-6,9,12-22H2,1-2H3,(H,25,26)/b8-7-,11-10-. The fourth-order valence-corrected chi connectivity index (χ4v) is 4.44. The number of likely N-dealkylation sites (N-methyl/N-ethyl adjacent to an activating group) is 1. The Kier molecular flexibility index (Phi) is 15.8. The first kappa shape index (κ1) is 26.6. The van der Waals surface area contributed by atoms with Gasteiger partial charge in [-0.15, -0.1) is 0 Å². The minimum atomic E-state index is -3.90. The molecule has 29 heavy (non-hydrogen) atoms. The lowest BCUT2D eigenvalue weighted by molar-refractivity contribution is 0.107. The zero-order chi connectivity index (χ0) is 21.2. The van der Waals surface area contributed by atoms with Crippen LogP contribution in [-0.2, 0) is 13.6 Å². The minimum absolute atomic E-state index is 0.188. The number of phosphoric ester groups is 1. The molecule has 6 heteroatoms. The van der Waals surface area contributed by atoms with Crippen molar-refractivity contribution in [2.45, 2.75) is 96.5 Å². The third-order valence-corrected chi connectivity index (χ3v) is 6.30. The first-order valence-corrected chi connectivity index (χ1v) is 13.2. The van der Waals surface area contributed by atoms with Crippen LogP contribution in [0.5, 0.6) is 0 Å². The average molecular weight is 430 g/mol. The smallest absolute Gasteiger partial charge is 0.304 e. The number of nitrogens with zero attached hydrogens (tertiary/aromatic N) is 1. The number of hydrogen-bond donors (Lipinski definition) is 1. The van der Waals surface area contributed by atoms with Gasteiger partial charge < -0.3 is 9.79 Å². The molecule has 0 spiro atoms. The van der Waals surface area contributed by atoms with Crippen LogP contribution >= 0.6 is 7.82 Å². The molecule has 0 aliphatic carbocycles. The molecule has 170 valence electrons. The maximum Gasteiger partial charge on any atom is 0.472 e. The fraction of sp³-hybridized carbons (Fsp3) is 0.826. The monoisotopic (exact) mass is 429 g/mol. The molecule has 2 unspecified atom stereocenters. The largest absolute Gasteiger partial charge is 0.472 e. The van der Waals surface area contributed by atoms with E-state index in [4.69, 9.17) is 9.05 Å². The molecule has 0 bridgehead atoms. The van der Waals surface area contributed by atoms with Crippen molar-refractivity contribution in [1.82, 2.24) is 4.90 Å². The molecule has 5 nitrogen and oxygen atoms in total. The molecule has 0 aromatic rings. The molecule has 0 aromatic heterocycles. The lowest BCUT2D eigenvalue weighted by atomic mass is 10.1. The number of allylic oxidation sites excluding steroid dienone is 4. The van der Waals surface area contributed by atoms with Crippen molar-refractivity contribution in [2.75, 3.05) is 26.7 Å². The summed E-state index contributed by atoms with van der Waals surface area (Å²) in [6.45, 7) is 4.13. The molecule has 0 amide bonds. The highest BCUT2D eigenvalue weighted by molar-refractivity contribution is 7.47. The zero-order valence-electron chi connectivity index (χ0n) is 18.8. The molecular formula is C23H44NO4P. The van der Waals surface area contributed by atoms with Crippen LogP contribution in [0.15, 0.2) is 24.3 Å². The summed E-state index contributed by atoms with van der Waals surface area (Å²) in [6.07, 6.45) is 23.8. The summed E-state index contributed by atoms with van der Waals surface area (Å²) in [5, 5.41) is 0. The number of phosphoric acid groups is 1.